The van der Waals surface area contributed by atoms with Crippen LogP contribution in [0.2, 0.25) is 0 Å². The number of benzene rings is 1. The Hall–Kier alpha value is -1.89. The van der Waals surface area contributed by atoms with Gasteiger partial charge in [0.25, 0.3) is 0 Å². The first-order valence-corrected chi connectivity index (χ1v) is 11.7. The molecule has 0 fully saturated rings. The lowest BCUT2D eigenvalue weighted by atomic mass is 10.2. The molecule has 1 heterocycles. The highest BCUT2D eigenvalue weighted by Crippen LogP contribution is 2.27. The molecule has 4 N–H and O–H groups in total. The molecule has 28 heavy (non-hydrogen) atoms. The van der Waals surface area contributed by atoms with Gasteiger partial charge in [0.15, 0.2) is 16.8 Å². The van der Waals surface area contributed by atoms with Crippen LogP contribution in [0.5, 0.6) is 0 Å². The molecule has 0 amide bonds. The lowest BCUT2D eigenvalue weighted by Gasteiger charge is -2.35. The first kappa shape index (κ1) is 22.4. The van der Waals surface area contributed by atoms with Gasteiger partial charge in [-0.1, -0.05) is 11.8 Å². The lowest BCUT2D eigenvalue weighted by Crippen LogP contribution is -2.37. The average molecular weight is 438 g/mol. The monoisotopic (exact) mass is 438 g/mol. The minimum atomic E-state index is -4.15. The summed E-state index contributed by atoms with van der Waals surface area (Å²) in [5, 5.41) is 12.2. The van der Waals surface area contributed by atoms with E-state index in [9.17, 15) is 27.0 Å². The van der Waals surface area contributed by atoms with Gasteiger partial charge in [-0.3, -0.25) is 9.27 Å². The van der Waals surface area contributed by atoms with E-state index < -0.39 is 27.0 Å². The highest BCUT2D eigenvalue weighted by molar-refractivity contribution is 8.15. The van der Waals surface area contributed by atoms with Crippen molar-refractivity contribution in [1.82, 2.24) is 9.97 Å². The van der Waals surface area contributed by atoms with Gasteiger partial charge in [0.05, 0.1) is 6.61 Å². The molecule has 0 spiro atoms. The molecular formula is C16H21F3N4O3S2. The van der Waals surface area contributed by atoms with Crippen LogP contribution in [0.25, 0.3) is 0 Å². The number of hydrogen-bond donors (Lipinski definition) is 4. The number of nitrogens with zero attached hydrogens (tertiary/aromatic N) is 2. The van der Waals surface area contributed by atoms with Crippen molar-refractivity contribution in [2.45, 2.75) is 23.9 Å². The second-order valence-electron chi connectivity index (χ2n) is 6.66. The zero-order chi connectivity index (χ0) is 21.1. The predicted molar refractivity (Wildman–Crippen MR) is 104 cm³/mol. The molecule has 156 valence electrons. The van der Waals surface area contributed by atoms with Gasteiger partial charge >= 0.3 is 0 Å². The molecule has 0 bridgehead atoms. The summed E-state index contributed by atoms with van der Waals surface area (Å²) in [6.45, 7) is 1.51. The fourth-order valence-corrected chi connectivity index (χ4v) is 3.56. The topological polar surface area (TPSA) is 107 Å². The molecule has 1 aromatic heterocycles. The summed E-state index contributed by atoms with van der Waals surface area (Å²) in [7, 11) is -4.15. The smallest absolute Gasteiger partial charge is 0.191 e. The summed E-state index contributed by atoms with van der Waals surface area (Å²) < 4.78 is 64.7. The highest BCUT2D eigenvalue weighted by atomic mass is 32.3. The quantitative estimate of drug-likeness (QED) is 0.285. The Morgan fingerprint density at radius 1 is 1.11 bits per heavy atom. The molecule has 0 aliphatic carbocycles. The van der Waals surface area contributed by atoms with Gasteiger partial charge in [-0.25, -0.2) is 23.1 Å². The maximum absolute atomic E-state index is 13.8. The number of aliphatic hydroxyl groups excluding tert-OH is 1. The van der Waals surface area contributed by atoms with Crippen LogP contribution in [0.3, 0.4) is 0 Å². The van der Waals surface area contributed by atoms with Gasteiger partial charge in [-0.2, -0.15) is 4.21 Å². The zero-order valence-corrected chi connectivity index (χ0v) is 17.0. The third-order valence-electron chi connectivity index (χ3n) is 3.22. The molecule has 2 aromatic rings. The summed E-state index contributed by atoms with van der Waals surface area (Å²) in [6, 6.07) is 2.23. The molecule has 12 heteroatoms. The minimum absolute atomic E-state index is 0.0281. The molecule has 2 rings (SSSR count). The third-order valence-corrected chi connectivity index (χ3v) is 4.90. The Labute approximate surface area is 164 Å². The van der Waals surface area contributed by atoms with Crippen molar-refractivity contribution >= 4 is 32.9 Å². The zero-order valence-electron chi connectivity index (χ0n) is 15.4. The first-order valence-electron chi connectivity index (χ1n) is 8.00. The number of aromatic nitrogens is 2. The fraction of sp³-hybridized carbons (Fsp3) is 0.375. The average Bonchev–Trinajstić information content (AvgIpc) is 2.54. The van der Waals surface area contributed by atoms with Gasteiger partial charge in [0, 0.05) is 42.0 Å². The van der Waals surface area contributed by atoms with Gasteiger partial charge in [0.1, 0.15) is 17.5 Å². The van der Waals surface area contributed by atoms with Crippen LogP contribution in [0.15, 0.2) is 23.4 Å². The number of anilines is 2. The molecule has 1 atom stereocenters. The number of halogens is 3. The van der Waals surface area contributed by atoms with Crippen LogP contribution in [0.4, 0.5) is 24.8 Å². The molecule has 0 unspecified atom stereocenters. The minimum Gasteiger partial charge on any atom is -0.394 e. The van der Waals surface area contributed by atoms with E-state index in [0.717, 1.165) is 30.3 Å². The van der Waals surface area contributed by atoms with E-state index in [4.69, 9.17) is 0 Å². The third kappa shape index (κ3) is 6.93. The van der Waals surface area contributed by atoms with Crippen LogP contribution < -0.4 is 10.0 Å². The van der Waals surface area contributed by atoms with Crippen molar-refractivity contribution in [1.29, 1.82) is 0 Å². The van der Waals surface area contributed by atoms with E-state index in [1.165, 1.54) is 6.07 Å². The van der Waals surface area contributed by atoms with Gasteiger partial charge in [0.2, 0.25) is 0 Å². The second kappa shape index (κ2) is 8.23. The molecular weight excluding hydrogens is 417 g/mol. The number of thioether (sulfide) groups is 1. The number of rotatable bonds is 8. The van der Waals surface area contributed by atoms with Crippen molar-refractivity contribution in [2.24, 2.45) is 0 Å². The first-order chi connectivity index (χ1) is 12.8. The van der Waals surface area contributed by atoms with E-state index in [1.54, 1.807) is 6.92 Å². The fourth-order valence-electron chi connectivity index (χ4n) is 2.03. The maximum Gasteiger partial charge on any atom is 0.191 e. The Morgan fingerprint density at radius 3 is 2.32 bits per heavy atom. The van der Waals surface area contributed by atoms with Crippen LogP contribution in [-0.2, 0) is 15.3 Å². The molecule has 0 radical (unpaired) electrons. The Bertz CT molecular complexity index is 929. The SMILES string of the molecule is C[C@H](CO)Nc1cc(NS(C)(C)(=O)O)nc(SCc2cc(F)c(F)cc2F)n1. The molecule has 0 aliphatic heterocycles. The summed E-state index contributed by atoms with van der Waals surface area (Å²) in [4.78, 5) is 8.28. The van der Waals surface area contributed by atoms with Crippen molar-refractivity contribution in [3.8, 4) is 0 Å². The lowest BCUT2D eigenvalue weighted by molar-refractivity contribution is 0.281. The number of nitrogens with one attached hydrogen (secondary N) is 2. The normalized spacial score (nSPS) is 14.2. The number of hydrogen-bond acceptors (Lipinski definition) is 6. The van der Waals surface area contributed by atoms with Crippen molar-refractivity contribution < 1.29 is 27.0 Å². The highest BCUT2D eigenvalue weighted by Gasteiger charge is 2.17. The van der Waals surface area contributed by atoms with Crippen molar-refractivity contribution in [3.05, 3.63) is 41.2 Å². The molecule has 1 aromatic carbocycles. The van der Waals surface area contributed by atoms with Gasteiger partial charge in [-0.05, 0) is 13.0 Å². The Balaban J connectivity index is 2.30. The summed E-state index contributed by atoms with van der Waals surface area (Å²) in [5.74, 6) is -3.18. The standard InChI is InChI=1S/C16H21F3N4O3S2/c1-9(7-24)20-14-6-15(23-28(2,3,25)26)22-16(21-14)27-8-10-4-12(18)13(19)5-11(10)17/h4-6,9,24H,7-8H2,1-3H3,(H3,20,21,22,23,25,26)/t9-/m1/s1. The van der Waals surface area contributed by atoms with E-state index in [0.29, 0.717) is 6.07 Å². The largest absolute Gasteiger partial charge is 0.394 e. The van der Waals surface area contributed by atoms with Crippen LogP contribution in [-0.4, -0.2) is 49.0 Å². The molecule has 0 saturated carbocycles. The van der Waals surface area contributed by atoms with Crippen LogP contribution in [0, 0.1) is 17.5 Å². The predicted octanol–water partition coefficient (Wildman–Crippen LogP) is 2.86. The maximum atomic E-state index is 13.8. The van der Waals surface area contributed by atoms with E-state index in [-0.39, 0.29) is 40.8 Å². The van der Waals surface area contributed by atoms with E-state index in [2.05, 4.69) is 20.0 Å². The summed E-state index contributed by atoms with van der Waals surface area (Å²) in [6.07, 6.45) is 2.21. The molecule has 0 saturated heterocycles. The van der Waals surface area contributed by atoms with Crippen molar-refractivity contribution in [3.63, 3.8) is 0 Å². The van der Waals surface area contributed by atoms with Crippen LogP contribution in [0.1, 0.15) is 12.5 Å². The van der Waals surface area contributed by atoms with Crippen LogP contribution >= 0.6 is 11.8 Å². The summed E-state index contributed by atoms with van der Waals surface area (Å²) in [5.41, 5.74) is -0.0841. The molecule has 7 nitrogen and oxygen atoms in total. The van der Waals surface area contributed by atoms with E-state index >= 15 is 0 Å². The van der Waals surface area contributed by atoms with E-state index in [1.807, 2.05) is 0 Å². The van der Waals surface area contributed by atoms with Gasteiger partial charge in [-0.15, -0.1) is 9.53 Å². The van der Waals surface area contributed by atoms with Crippen molar-refractivity contribution in [2.75, 3.05) is 29.2 Å². The second-order valence-corrected chi connectivity index (χ2v) is 11.3. The Kier molecular flexibility index (Phi) is 6.58. The Morgan fingerprint density at radius 2 is 1.71 bits per heavy atom. The molecule has 0 aliphatic rings. The number of aliphatic hydroxyl groups is 1. The summed E-state index contributed by atoms with van der Waals surface area (Å²) >= 11 is 0.925. The van der Waals surface area contributed by atoms with Gasteiger partial charge < -0.3 is 10.4 Å².